The van der Waals surface area contributed by atoms with Crippen LogP contribution in [0.25, 0.3) is 0 Å². The highest BCUT2D eigenvalue weighted by Gasteiger charge is 2.17. The Balaban J connectivity index is 1.60. The van der Waals surface area contributed by atoms with E-state index in [1.54, 1.807) is 6.20 Å². The summed E-state index contributed by atoms with van der Waals surface area (Å²) in [4.78, 5) is 9.32. The highest BCUT2D eigenvalue weighted by molar-refractivity contribution is 5.41. The van der Waals surface area contributed by atoms with Gasteiger partial charge in [-0.3, -0.25) is 0 Å². The number of rotatable bonds is 5. The highest BCUT2D eigenvalue weighted by Crippen LogP contribution is 2.14. The maximum Gasteiger partial charge on any atom is 0.244 e. The van der Waals surface area contributed by atoms with E-state index in [-0.39, 0.29) is 0 Å². The minimum atomic E-state index is 0.584. The lowest BCUT2D eigenvalue weighted by Crippen LogP contribution is -2.46. The van der Waals surface area contributed by atoms with Crippen molar-refractivity contribution in [3.63, 3.8) is 0 Å². The number of anilines is 2. The lowest BCUT2D eigenvalue weighted by atomic mass is 10.1. The van der Waals surface area contributed by atoms with E-state index in [9.17, 15) is 0 Å². The Kier molecular flexibility index (Phi) is 5.02. The van der Waals surface area contributed by atoms with Crippen molar-refractivity contribution < 1.29 is 0 Å². The second-order valence-electron chi connectivity index (χ2n) is 5.90. The first kappa shape index (κ1) is 15.7. The Morgan fingerprint density at radius 3 is 2.52 bits per heavy atom. The van der Waals surface area contributed by atoms with Crippen LogP contribution in [0.4, 0.5) is 11.8 Å². The molecule has 0 bridgehead atoms. The topological polar surface area (TPSA) is 57.2 Å². The van der Waals surface area contributed by atoms with Crippen LogP contribution in [-0.4, -0.2) is 52.8 Å². The van der Waals surface area contributed by atoms with Crippen LogP contribution < -0.4 is 10.2 Å². The summed E-state index contributed by atoms with van der Waals surface area (Å²) in [7, 11) is 0. The Labute approximate surface area is 137 Å². The monoisotopic (exact) mass is 312 g/mol. The maximum atomic E-state index is 4.60. The molecule has 122 valence electrons. The standard InChI is InChI=1S/C17H24N6/c1-3-22-8-10-23(11-9-22)16-13-19-21-17(20-16)18-12-15-6-4-14(2)5-7-15/h4-7,13H,3,8-12H2,1-2H3,(H,18,20,21). The highest BCUT2D eigenvalue weighted by atomic mass is 15.3. The van der Waals surface area contributed by atoms with E-state index >= 15 is 0 Å². The van der Waals surface area contributed by atoms with Gasteiger partial charge in [0.15, 0.2) is 5.82 Å². The van der Waals surface area contributed by atoms with Crippen molar-refractivity contribution in [1.82, 2.24) is 20.1 Å². The molecule has 0 radical (unpaired) electrons. The number of hydrogen-bond acceptors (Lipinski definition) is 6. The number of aryl methyl sites for hydroxylation is 1. The molecular formula is C17H24N6. The van der Waals surface area contributed by atoms with E-state index in [0.717, 1.165) is 38.5 Å². The van der Waals surface area contributed by atoms with Gasteiger partial charge in [0.25, 0.3) is 0 Å². The zero-order chi connectivity index (χ0) is 16.1. The van der Waals surface area contributed by atoms with Gasteiger partial charge in [0.2, 0.25) is 5.95 Å². The SMILES string of the molecule is CCN1CCN(c2cnnc(NCc3ccc(C)cc3)n2)CC1. The second kappa shape index (κ2) is 7.37. The van der Waals surface area contributed by atoms with E-state index in [0.29, 0.717) is 12.5 Å². The molecule has 2 aromatic rings. The molecule has 0 aliphatic carbocycles. The van der Waals surface area contributed by atoms with Gasteiger partial charge < -0.3 is 15.1 Å². The van der Waals surface area contributed by atoms with Gasteiger partial charge in [-0.1, -0.05) is 36.8 Å². The van der Waals surface area contributed by atoms with Crippen LogP contribution in [0.5, 0.6) is 0 Å². The summed E-state index contributed by atoms with van der Waals surface area (Å²) in [6.45, 7) is 10.2. The molecule has 23 heavy (non-hydrogen) atoms. The van der Waals surface area contributed by atoms with Crippen molar-refractivity contribution in [2.24, 2.45) is 0 Å². The van der Waals surface area contributed by atoms with Gasteiger partial charge in [-0.25, -0.2) is 0 Å². The predicted octanol–water partition coefficient (Wildman–Crippen LogP) is 1.93. The van der Waals surface area contributed by atoms with Crippen LogP contribution in [0.3, 0.4) is 0 Å². The number of nitrogens with one attached hydrogen (secondary N) is 1. The van der Waals surface area contributed by atoms with Crippen LogP contribution in [0.15, 0.2) is 30.5 Å². The summed E-state index contributed by atoms with van der Waals surface area (Å²) in [6, 6.07) is 8.45. The number of hydrogen-bond donors (Lipinski definition) is 1. The van der Waals surface area contributed by atoms with Crippen LogP contribution in [0.2, 0.25) is 0 Å². The molecule has 3 rings (SSSR count). The molecule has 6 heteroatoms. The zero-order valence-corrected chi connectivity index (χ0v) is 13.9. The molecule has 1 fully saturated rings. The molecule has 6 nitrogen and oxygen atoms in total. The lowest BCUT2D eigenvalue weighted by molar-refractivity contribution is 0.270. The first-order valence-corrected chi connectivity index (χ1v) is 8.21. The maximum absolute atomic E-state index is 4.60. The average Bonchev–Trinajstić information content (AvgIpc) is 2.61. The zero-order valence-electron chi connectivity index (χ0n) is 13.9. The van der Waals surface area contributed by atoms with E-state index in [2.05, 4.69) is 68.4 Å². The van der Waals surface area contributed by atoms with Gasteiger partial charge in [-0.15, -0.1) is 5.10 Å². The molecular weight excluding hydrogens is 288 g/mol. The van der Waals surface area contributed by atoms with Crippen molar-refractivity contribution in [3.05, 3.63) is 41.6 Å². The number of aromatic nitrogens is 3. The van der Waals surface area contributed by atoms with E-state index in [4.69, 9.17) is 0 Å². The summed E-state index contributed by atoms with van der Waals surface area (Å²) >= 11 is 0. The molecule has 1 aliphatic rings. The van der Waals surface area contributed by atoms with Crippen LogP contribution in [0, 0.1) is 6.92 Å². The second-order valence-corrected chi connectivity index (χ2v) is 5.90. The van der Waals surface area contributed by atoms with Gasteiger partial charge in [-0.05, 0) is 19.0 Å². The molecule has 0 unspecified atom stereocenters. The Hall–Kier alpha value is -2.21. The Bertz CT molecular complexity index is 619. The summed E-state index contributed by atoms with van der Waals surface area (Å²) in [5.74, 6) is 1.49. The van der Waals surface area contributed by atoms with Crippen molar-refractivity contribution in [2.45, 2.75) is 20.4 Å². The van der Waals surface area contributed by atoms with Crippen molar-refractivity contribution in [1.29, 1.82) is 0 Å². The molecule has 0 atom stereocenters. The normalized spacial score (nSPS) is 15.7. The fourth-order valence-corrected chi connectivity index (χ4v) is 2.70. The molecule has 1 aromatic carbocycles. The fourth-order valence-electron chi connectivity index (χ4n) is 2.70. The molecule has 2 heterocycles. The van der Waals surface area contributed by atoms with Gasteiger partial charge in [0.05, 0.1) is 6.20 Å². The molecule has 0 amide bonds. The molecule has 1 aromatic heterocycles. The van der Waals surface area contributed by atoms with E-state index < -0.39 is 0 Å². The average molecular weight is 312 g/mol. The minimum Gasteiger partial charge on any atom is -0.353 e. The summed E-state index contributed by atoms with van der Waals surface area (Å²) < 4.78 is 0. The van der Waals surface area contributed by atoms with E-state index in [1.807, 2.05) is 0 Å². The Morgan fingerprint density at radius 1 is 1.09 bits per heavy atom. The molecule has 1 N–H and O–H groups in total. The van der Waals surface area contributed by atoms with Gasteiger partial charge in [-0.2, -0.15) is 10.1 Å². The van der Waals surface area contributed by atoms with Crippen LogP contribution >= 0.6 is 0 Å². The molecule has 0 spiro atoms. The third kappa shape index (κ3) is 4.16. The number of likely N-dealkylation sites (N-methyl/N-ethyl adjacent to an activating group) is 1. The lowest BCUT2D eigenvalue weighted by Gasteiger charge is -2.34. The largest absolute Gasteiger partial charge is 0.353 e. The smallest absolute Gasteiger partial charge is 0.244 e. The summed E-state index contributed by atoms with van der Waals surface area (Å²) in [5, 5.41) is 11.4. The van der Waals surface area contributed by atoms with Crippen molar-refractivity contribution in [3.8, 4) is 0 Å². The third-order valence-corrected chi connectivity index (χ3v) is 4.26. The third-order valence-electron chi connectivity index (χ3n) is 4.26. The minimum absolute atomic E-state index is 0.584. The number of nitrogens with zero attached hydrogens (tertiary/aromatic N) is 5. The van der Waals surface area contributed by atoms with Gasteiger partial charge >= 0.3 is 0 Å². The van der Waals surface area contributed by atoms with Gasteiger partial charge in [0.1, 0.15) is 0 Å². The molecule has 0 saturated carbocycles. The first-order valence-electron chi connectivity index (χ1n) is 8.21. The van der Waals surface area contributed by atoms with Crippen molar-refractivity contribution in [2.75, 3.05) is 42.9 Å². The summed E-state index contributed by atoms with van der Waals surface area (Å²) in [6.07, 6.45) is 1.75. The Morgan fingerprint density at radius 2 is 1.83 bits per heavy atom. The summed E-state index contributed by atoms with van der Waals surface area (Å²) in [5.41, 5.74) is 2.47. The fraction of sp³-hybridized carbons (Fsp3) is 0.471. The quantitative estimate of drug-likeness (QED) is 0.910. The van der Waals surface area contributed by atoms with Gasteiger partial charge in [0, 0.05) is 32.7 Å². The predicted molar refractivity (Wildman–Crippen MR) is 92.7 cm³/mol. The van der Waals surface area contributed by atoms with E-state index in [1.165, 1.54) is 11.1 Å². The van der Waals surface area contributed by atoms with Crippen LogP contribution in [-0.2, 0) is 6.54 Å². The van der Waals surface area contributed by atoms with Crippen molar-refractivity contribution >= 4 is 11.8 Å². The molecule has 1 saturated heterocycles. The number of piperazine rings is 1. The number of benzene rings is 1. The first-order chi connectivity index (χ1) is 11.2. The molecule has 1 aliphatic heterocycles. The van der Waals surface area contributed by atoms with Crippen LogP contribution in [0.1, 0.15) is 18.1 Å².